The van der Waals surface area contributed by atoms with Crippen molar-refractivity contribution in [2.75, 3.05) is 25.6 Å². The van der Waals surface area contributed by atoms with Crippen LogP contribution in [0.2, 0.25) is 0 Å². The van der Waals surface area contributed by atoms with Crippen molar-refractivity contribution >= 4 is 53.0 Å². The molecule has 0 spiro atoms. The van der Waals surface area contributed by atoms with Gasteiger partial charge < -0.3 is 10.6 Å². The maximum atomic E-state index is 4.37. The summed E-state index contributed by atoms with van der Waals surface area (Å²) >= 11 is 3.63. The van der Waals surface area contributed by atoms with Gasteiger partial charge in [-0.3, -0.25) is 4.99 Å². The molecule has 2 N–H and O–H groups in total. The van der Waals surface area contributed by atoms with Crippen LogP contribution in [0.4, 0.5) is 0 Å². The molecule has 0 amide bonds. The van der Waals surface area contributed by atoms with Gasteiger partial charge in [0.25, 0.3) is 0 Å². The van der Waals surface area contributed by atoms with E-state index in [2.05, 4.69) is 33.8 Å². The van der Waals surface area contributed by atoms with Crippen LogP contribution in [-0.4, -0.2) is 36.5 Å². The Kier molecular flexibility index (Phi) is 11.8. The van der Waals surface area contributed by atoms with E-state index in [9.17, 15) is 0 Å². The zero-order valence-corrected chi connectivity index (χ0v) is 15.7. The van der Waals surface area contributed by atoms with Crippen molar-refractivity contribution in [2.24, 2.45) is 4.99 Å². The third-order valence-corrected chi connectivity index (χ3v) is 4.24. The van der Waals surface area contributed by atoms with Crippen molar-refractivity contribution < 1.29 is 0 Å². The van der Waals surface area contributed by atoms with Crippen LogP contribution in [0.15, 0.2) is 11.2 Å². The smallest absolute Gasteiger partial charge is 0.191 e. The summed E-state index contributed by atoms with van der Waals surface area (Å²) in [6.45, 7) is 3.85. The van der Waals surface area contributed by atoms with Crippen molar-refractivity contribution in [3.63, 3.8) is 0 Å². The summed E-state index contributed by atoms with van der Waals surface area (Å²) in [5, 5.41) is 7.69. The highest BCUT2D eigenvalue weighted by Crippen LogP contribution is 2.12. The summed E-state index contributed by atoms with van der Waals surface area (Å²) in [6, 6.07) is 0. The van der Waals surface area contributed by atoms with E-state index in [0.717, 1.165) is 36.9 Å². The number of aromatic nitrogens is 1. The number of guanidine groups is 1. The van der Waals surface area contributed by atoms with Crippen LogP contribution in [0.5, 0.6) is 0 Å². The molecule has 19 heavy (non-hydrogen) atoms. The topological polar surface area (TPSA) is 49.3 Å². The first-order valence-electron chi connectivity index (χ1n) is 6.17. The Hall–Kier alpha value is -0.0200. The van der Waals surface area contributed by atoms with Crippen LogP contribution < -0.4 is 10.6 Å². The minimum atomic E-state index is 0. The number of aryl methyl sites for hydroxylation is 1. The van der Waals surface area contributed by atoms with Crippen molar-refractivity contribution in [3.8, 4) is 0 Å². The molecule has 0 saturated heterocycles. The second-order valence-corrected chi connectivity index (χ2v) is 5.96. The Balaban J connectivity index is 0.00000324. The van der Waals surface area contributed by atoms with E-state index < -0.39 is 0 Å². The number of aliphatic imine (C=N–C) groups is 1. The molecule has 0 aliphatic heterocycles. The van der Waals surface area contributed by atoms with E-state index in [1.165, 1.54) is 10.6 Å². The first kappa shape index (κ1) is 19.0. The quantitative estimate of drug-likeness (QED) is 0.312. The molecule has 1 aromatic heterocycles. The van der Waals surface area contributed by atoms with E-state index in [1.807, 2.05) is 18.0 Å². The summed E-state index contributed by atoms with van der Waals surface area (Å²) in [7, 11) is 1.79. The lowest BCUT2D eigenvalue weighted by Gasteiger charge is -2.10. The molecule has 0 aromatic carbocycles. The zero-order valence-electron chi connectivity index (χ0n) is 11.7. The molecule has 0 fully saturated rings. The van der Waals surface area contributed by atoms with Crippen LogP contribution in [0.3, 0.4) is 0 Å². The third kappa shape index (κ3) is 7.98. The minimum absolute atomic E-state index is 0. The third-order valence-electron chi connectivity index (χ3n) is 2.40. The lowest BCUT2D eigenvalue weighted by atomic mass is 10.4. The predicted molar refractivity (Wildman–Crippen MR) is 98.1 cm³/mol. The molecular formula is C12H23IN4S2. The molecular weight excluding hydrogens is 391 g/mol. The lowest BCUT2D eigenvalue weighted by Crippen LogP contribution is -2.37. The predicted octanol–water partition coefficient (Wildman–Crippen LogP) is 2.74. The average molecular weight is 414 g/mol. The fraction of sp³-hybridized carbons (Fsp3) is 0.667. The molecule has 0 aliphatic carbocycles. The Bertz CT molecular complexity index is 368. The van der Waals surface area contributed by atoms with Crippen LogP contribution in [-0.2, 0) is 13.0 Å². The van der Waals surface area contributed by atoms with Crippen molar-refractivity contribution in [1.29, 1.82) is 0 Å². The molecule has 0 saturated carbocycles. The highest BCUT2D eigenvalue weighted by molar-refractivity contribution is 14.0. The normalized spacial score (nSPS) is 11.0. The molecule has 4 nitrogen and oxygen atoms in total. The van der Waals surface area contributed by atoms with E-state index in [0.29, 0.717) is 0 Å². The van der Waals surface area contributed by atoms with Crippen molar-refractivity contribution in [2.45, 2.75) is 26.3 Å². The molecule has 0 aliphatic rings. The van der Waals surface area contributed by atoms with E-state index in [1.54, 1.807) is 18.4 Å². The number of hydrogen-bond acceptors (Lipinski definition) is 4. The Labute approximate surface area is 141 Å². The highest BCUT2D eigenvalue weighted by atomic mass is 127. The Morgan fingerprint density at radius 2 is 2.26 bits per heavy atom. The van der Waals surface area contributed by atoms with E-state index >= 15 is 0 Å². The van der Waals surface area contributed by atoms with Crippen LogP contribution in [0, 0.1) is 0 Å². The van der Waals surface area contributed by atoms with Crippen LogP contribution >= 0.6 is 47.1 Å². The van der Waals surface area contributed by atoms with Crippen LogP contribution in [0.1, 0.15) is 23.2 Å². The van der Waals surface area contributed by atoms with Gasteiger partial charge in [0.2, 0.25) is 0 Å². The van der Waals surface area contributed by atoms with Gasteiger partial charge in [0, 0.05) is 24.7 Å². The maximum absolute atomic E-state index is 4.37. The second kappa shape index (κ2) is 11.8. The minimum Gasteiger partial charge on any atom is -0.356 e. The molecule has 0 atom stereocenters. The monoisotopic (exact) mass is 414 g/mol. The number of rotatable bonds is 7. The number of hydrogen-bond donors (Lipinski definition) is 2. The van der Waals surface area contributed by atoms with Gasteiger partial charge in [-0.1, -0.05) is 6.92 Å². The number of thiazole rings is 1. The molecule has 1 aromatic rings. The summed E-state index contributed by atoms with van der Waals surface area (Å²) in [5.74, 6) is 2.03. The number of thioether (sulfide) groups is 1. The first-order valence-corrected chi connectivity index (χ1v) is 8.38. The fourth-order valence-corrected chi connectivity index (χ4v) is 2.63. The van der Waals surface area contributed by atoms with Gasteiger partial charge in [0.15, 0.2) is 5.96 Å². The highest BCUT2D eigenvalue weighted by Gasteiger charge is 2.02. The average Bonchev–Trinajstić information content (AvgIpc) is 2.86. The van der Waals surface area contributed by atoms with Gasteiger partial charge >= 0.3 is 0 Å². The first-order chi connectivity index (χ1) is 8.80. The van der Waals surface area contributed by atoms with Gasteiger partial charge in [-0.05, 0) is 24.9 Å². The Morgan fingerprint density at radius 1 is 1.47 bits per heavy atom. The number of nitrogens with zero attached hydrogens (tertiary/aromatic N) is 2. The number of nitrogens with one attached hydrogen (secondary N) is 2. The molecule has 110 valence electrons. The SMILES string of the molecule is CCc1cnc(CNC(=NC)NCCCSC)s1.I. The molecule has 7 heteroatoms. The standard InChI is InChI=1S/C12H22N4S2.HI/c1-4-10-8-15-11(18-10)9-16-12(13-2)14-6-5-7-17-3;/h8H,4-7,9H2,1-3H3,(H2,13,14,16);1H. The van der Waals surface area contributed by atoms with E-state index in [4.69, 9.17) is 0 Å². The summed E-state index contributed by atoms with van der Waals surface area (Å²) in [5.41, 5.74) is 0. The molecule has 0 unspecified atom stereocenters. The molecule has 0 bridgehead atoms. The number of halogens is 1. The summed E-state index contributed by atoms with van der Waals surface area (Å²) < 4.78 is 0. The summed E-state index contributed by atoms with van der Waals surface area (Å²) in [6.07, 6.45) is 6.29. The van der Waals surface area contributed by atoms with Gasteiger partial charge in [-0.15, -0.1) is 35.3 Å². The summed E-state index contributed by atoms with van der Waals surface area (Å²) in [4.78, 5) is 9.89. The van der Waals surface area contributed by atoms with Gasteiger partial charge in [-0.25, -0.2) is 4.98 Å². The van der Waals surface area contributed by atoms with Crippen molar-refractivity contribution in [3.05, 3.63) is 16.1 Å². The van der Waals surface area contributed by atoms with E-state index in [-0.39, 0.29) is 24.0 Å². The Morgan fingerprint density at radius 3 is 2.84 bits per heavy atom. The molecule has 1 rings (SSSR count). The largest absolute Gasteiger partial charge is 0.356 e. The molecule has 1 heterocycles. The fourth-order valence-electron chi connectivity index (χ4n) is 1.40. The van der Waals surface area contributed by atoms with Gasteiger partial charge in [0.1, 0.15) is 5.01 Å². The lowest BCUT2D eigenvalue weighted by molar-refractivity contribution is 0.783. The van der Waals surface area contributed by atoms with Crippen LogP contribution in [0.25, 0.3) is 0 Å². The maximum Gasteiger partial charge on any atom is 0.191 e. The van der Waals surface area contributed by atoms with Crippen molar-refractivity contribution in [1.82, 2.24) is 15.6 Å². The second-order valence-electron chi connectivity index (χ2n) is 3.77. The van der Waals surface area contributed by atoms with Gasteiger partial charge in [-0.2, -0.15) is 11.8 Å². The molecule has 0 radical (unpaired) electrons. The zero-order chi connectivity index (χ0) is 13.2. The van der Waals surface area contributed by atoms with Gasteiger partial charge in [0.05, 0.1) is 6.54 Å².